The van der Waals surface area contributed by atoms with Crippen LogP contribution in [0.4, 0.5) is 0 Å². The first-order valence-corrected chi connectivity index (χ1v) is 8.80. The van der Waals surface area contributed by atoms with Gasteiger partial charge in [0.05, 0.1) is 12.0 Å². The van der Waals surface area contributed by atoms with Crippen molar-refractivity contribution in [3.63, 3.8) is 0 Å². The molecule has 0 atom stereocenters. The number of benzene rings is 1. The summed E-state index contributed by atoms with van der Waals surface area (Å²) >= 11 is 3.28. The van der Waals surface area contributed by atoms with Crippen LogP contribution in [0, 0.1) is 20.8 Å². The van der Waals surface area contributed by atoms with Crippen molar-refractivity contribution < 1.29 is 22.4 Å². The van der Waals surface area contributed by atoms with Crippen molar-refractivity contribution in [1.29, 1.82) is 0 Å². The van der Waals surface area contributed by atoms with Crippen LogP contribution < -0.4 is 15.3 Å². The summed E-state index contributed by atoms with van der Waals surface area (Å²) in [6, 6.07) is 5.17. The predicted octanol–water partition coefficient (Wildman–Crippen LogP) is 1.97. The summed E-state index contributed by atoms with van der Waals surface area (Å²) < 4.78 is 39.8. The number of ether oxygens (including phenoxy) is 1. The second-order valence-corrected chi connectivity index (χ2v) is 7.16. The Morgan fingerprint density at radius 2 is 1.74 bits per heavy atom. The zero-order valence-electron chi connectivity index (χ0n) is 13.3. The predicted molar refractivity (Wildman–Crippen MR) is 89.7 cm³/mol. The monoisotopic (exact) mass is 402 g/mol. The number of methoxy groups -OCH3 is 1. The molecule has 1 aromatic heterocycles. The molecule has 2 N–H and O–H groups in total. The Morgan fingerprint density at radius 1 is 1.22 bits per heavy atom. The van der Waals surface area contributed by atoms with Crippen LogP contribution in [0.25, 0.3) is 0 Å². The van der Waals surface area contributed by atoms with E-state index in [0.717, 1.165) is 15.8 Å². The van der Waals surface area contributed by atoms with E-state index in [1.807, 2.05) is 6.92 Å². The molecule has 0 radical (unpaired) electrons. The first-order valence-electron chi connectivity index (χ1n) is 6.60. The lowest BCUT2D eigenvalue weighted by molar-refractivity contribution is -0.639. The maximum Gasteiger partial charge on any atom is 0.217 e. The molecular formula is C15H19BrN2O4S. The number of pyridine rings is 1. The van der Waals surface area contributed by atoms with Gasteiger partial charge in [-0.3, -0.25) is 0 Å². The third-order valence-corrected chi connectivity index (χ3v) is 4.71. The van der Waals surface area contributed by atoms with Crippen molar-refractivity contribution in [2.24, 2.45) is 0 Å². The van der Waals surface area contributed by atoms with Crippen LogP contribution in [0.15, 0.2) is 40.0 Å². The lowest BCUT2D eigenvalue weighted by atomic mass is 10.1. The van der Waals surface area contributed by atoms with Gasteiger partial charge in [0.2, 0.25) is 12.4 Å². The molecule has 0 saturated carbocycles. The van der Waals surface area contributed by atoms with Crippen LogP contribution in [0.1, 0.15) is 16.7 Å². The van der Waals surface area contributed by atoms with E-state index < -0.39 is 10.1 Å². The minimum Gasteiger partial charge on any atom is -0.744 e. The van der Waals surface area contributed by atoms with Crippen LogP contribution in [0.3, 0.4) is 0 Å². The minimum atomic E-state index is -4.33. The van der Waals surface area contributed by atoms with Gasteiger partial charge in [0, 0.05) is 6.07 Å². The summed E-state index contributed by atoms with van der Waals surface area (Å²) in [5.74, 6) is 6.19. The van der Waals surface area contributed by atoms with Crippen LogP contribution in [0.2, 0.25) is 0 Å². The zero-order valence-corrected chi connectivity index (χ0v) is 15.7. The number of rotatable bonds is 2. The van der Waals surface area contributed by atoms with Crippen molar-refractivity contribution >= 4 is 26.0 Å². The van der Waals surface area contributed by atoms with E-state index in [0.29, 0.717) is 11.1 Å². The summed E-state index contributed by atoms with van der Waals surface area (Å²) in [6.07, 6.45) is 3.43. The molecule has 1 aromatic carbocycles. The fourth-order valence-electron chi connectivity index (χ4n) is 2.20. The van der Waals surface area contributed by atoms with Crippen LogP contribution in [0.5, 0.6) is 5.75 Å². The number of nitrogen functional groups attached to an aromatic ring is 1. The molecule has 0 aliphatic rings. The van der Waals surface area contributed by atoms with Gasteiger partial charge in [0.25, 0.3) is 0 Å². The second-order valence-electron chi connectivity index (χ2n) is 4.99. The van der Waals surface area contributed by atoms with E-state index in [4.69, 9.17) is 10.6 Å². The van der Waals surface area contributed by atoms with Crippen molar-refractivity contribution in [2.75, 3.05) is 13.0 Å². The number of nitrogens with two attached hydrogens (primary N) is 1. The molecule has 23 heavy (non-hydrogen) atoms. The normalized spacial score (nSPS) is 10.7. The molecule has 0 spiro atoms. The molecule has 0 fully saturated rings. The molecule has 0 unspecified atom stereocenters. The Kier molecular flexibility index (Phi) is 6.55. The smallest absolute Gasteiger partial charge is 0.217 e. The molecule has 0 bridgehead atoms. The van der Waals surface area contributed by atoms with Crippen molar-refractivity contribution in [3.05, 3.63) is 51.8 Å². The number of hydrogen-bond acceptors (Lipinski definition) is 5. The fraction of sp³-hybridized carbons (Fsp3) is 0.267. The Bertz CT molecular complexity index is 784. The first kappa shape index (κ1) is 19.4. The molecule has 0 amide bonds. The van der Waals surface area contributed by atoms with Crippen LogP contribution >= 0.6 is 15.9 Å². The quantitative estimate of drug-likeness (QED) is 0.470. The summed E-state index contributed by atoms with van der Waals surface area (Å²) in [7, 11) is -2.72. The number of halogens is 1. The molecule has 6 nitrogen and oxygen atoms in total. The zero-order chi connectivity index (χ0) is 17.8. The van der Waals surface area contributed by atoms with Gasteiger partial charge >= 0.3 is 0 Å². The first-order chi connectivity index (χ1) is 10.6. The van der Waals surface area contributed by atoms with Crippen molar-refractivity contribution in [1.82, 2.24) is 0 Å². The van der Waals surface area contributed by atoms with E-state index in [9.17, 15) is 13.0 Å². The van der Waals surface area contributed by atoms with Gasteiger partial charge < -0.3 is 9.29 Å². The highest BCUT2D eigenvalue weighted by atomic mass is 79.9. The largest absolute Gasteiger partial charge is 0.744 e. The highest BCUT2D eigenvalue weighted by Gasteiger charge is 2.09. The summed E-state index contributed by atoms with van der Waals surface area (Å²) in [6.45, 7) is 5.12. The minimum absolute atomic E-state index is 0.0851. The Balaban J connectivity index is 0.000000238. The highest BCUT2D eigenvalue weighted by molar-refractivity contribution is 9.10. The third kappa shape index (κ3) is 5.49. The lowest BCUT2D eigenvalue weighted by Crippen LogP contribution is -2.43. The highest BCUT2D eigenvalue weighted by Crippen LogP contribution is 2.21. The van der Waals surface area contributed by atoms with Gasteiger partial charge in [-0.15, -0.1) is 0 Å². The van der Waals surface area contributed by atoms with Gasteiger partial charge in [0.15, 0.2) is 0 Å². The fourth-order valence-corrected chi connectivity index (χ4v) is 3.63. The Morgan fingerprint density at radius 3 is 2.13 bits per heavy atom. The molecule has 0 aliphatic heterocycles. The second kappa shape index (κ2) is 7.76. The molecule has 1 heterocycles. The standard InChI is InChI=1S/C9H12O3S.C6H8BrN2O/c1-6-4-7(2)9(8(3)5-6)13(10,11)12;1-10-6-2-3-9(8)4-5(6)7/h4-5H,1-3H3,(H,10,11,12);2-4H,8H2,1H3/q;+1/p-1. The third-order valence-electron chi connectivity index (χ3n) is 2.97. The average Bonchev–Trinajstić information content (AvgIpc) is 2.36. The van der Waals surface area contributed by atoms with E-state index in [1.54, 1.807) is 51.6 Å². The maximum absolute atomic E-state index is 10.8. The summed E-state index contributed by atoms with van der Waals surface area (Å²) in [4.78, 5) is -0.0851. The van der Waals surface area contributed by atoms with E-state index in [2.05, 4.69) is 15.9 Å². The molecule has 0 saturated heterocycles. The topological polar surface area (TPSA) is 96.3 Å². The number of hydrogen-bond donors (Lipinski definition) is 1. The molecule has 2 rings (SSSR count). The molecule has 0 aliphatic carbocycles. The maximum atomic E-state index is 10.8. The summed E-state index contributed by atoms with van der Waals surface area (Å²) in [5, 5.41) is 0. The SMILES string of the molecule is COc1cc[n+](N)cc1Br.Cc1cc(C)c(S(=O)(=O)[O-])c(C)c1. The molecular weight excluding hydrogens is 384 g/mol. The van der Waals surface area contributed by atoms with E-state index in [1.165, 1.54) is 4.68 Å². The van der Waals surface area contributed by atoms with Gasteiger partial charge in [-0.05, 0) is 47.8 Å². The van der Waals surface area contributed by atoms with Crippen molar-refractivity contribution in [3.8, 4) is 5.75 Å². The van der Waals surface area contributed by atoms with Crippen LogP contribution in [-0.2, 0) is 10.1 Å². The Hall–Kier alpha value is -1.64. The number of aromatic nitrogens is 1. The Labute approximate surface area is 144 Å². The average molecular weight is 403 g/mol. The molecule has 2 aromatic rings. The van der Waals surface area contributed by atoms with E-state index in [-0.39, 0.29) is 4.90 Å². The van der Waals surface area contributed by atoms with Gasteiger partial charge in [0.1, 0.15) is 20.3 Å². The van der Waals surface area contributed by atoms with Crippen molar-refractivity contribution in [2.45, 2.75) is 25.7 Å². The van der Waals surface area contributed by atoms with Crippen LogP contribution in [-0.4, -0.2) is 20.1 Å². The summed E-state index contributed by atoms with van der Waals surface area (Å²) in [5.41, 5.74) is 2.00. The van der Waals surface area contributed by atoms with Gasteiger partial charge in [-0.1, -0.05) is 22.4 Å². The number of nitrogens with zero attached hydrogens (tertiary/aromatic N) is 1. The molecule has 8 heteroatoms. The number of aryl methyl sites for hydroxylation is 3. The van der Waals surface area contributed by atoms with E-state index >= 15 is 0 Å². The lowest BCUT2D eigenvalue weighted by Gasteiger charge is -2.14. The van der Waals surface area contributed by atoms with Gasteiger partial charge in [-0.2, -0.15) is 0 Å². The van der Waals surface area contributed by atoms with Gasteiger partial charge in [-0.25, -0.2) is 14.3 Å². The molecule has 126 valence electrons.